The number of halogens is 1. The van der Waals surface area contributed by atoms with E-state index in [2.05, 4.69) is 26.9 Å². The van der Waals surface area contributed by atoms with Gasteiger partial charge in [0.05, 0.1) is 23.1 Å². The highest BCUT2D eigenvalue weighted by molar-refractivity contribution is 5.99. The number of ether oxygens (including phenoxy) is 1. The Bertz CT molecular complexity index is 1460. The van der Waals surface area contributed by atoms with E-state index in [9.17, 15) is 14.3 Å². The molecule has 186 valence electrons. The fourth-order valence-corrected chi connectivity index (χ4v) is 7.42. The largest absolute Gasteiger partial charge is 0.481 e. The van der Waals surface area contributed by atoms with Crippen LogP contribution < -0.4 is 0 Å². The molecule has 0 unspecified atom stereocenters. The third-order valence-corrected chi connectivity index (χ3v) is 9.12. The van der Waals surface area contributed by atoms with Gasteiger partial charge in [-0.1, -0.05) is 0 Å². The van der Waals surface area contributed by atoms with Crippen molar-refractivity contribution in [2.24, 2.45) is 11.3 Å². The van der Waals surface area contributed by atoms with Crippen molar-refractivity contribution in [2.75, 3.05) is 13.2 Å². The molecule has 3 heterocycles. The molecule has 2 aliphatic carbocycles. The topological polar surface area (TPSA) is 80.1 Å². The number of nitrogens with one attached hydrogen (secondary N) is 1. The van der Waals surface area contributed by atoms with Crippen LogP contribution in [0.3, 0.4) is 0 Å². The third kappa shape index (κ3) is 3.39. The SMILES string of the molecule is O=C(O)C1CC2(CC[C@@H](c3c(C4CCOCC4)n(-c4ccc(F)cc4)c4cc5cn[nH]c5cc34)C2)C1. The van der Waals surface area contributed by atoms with Gasteiger partial charge in [0.15, 0.2) is 0 Å². The summed E-state index contributed by atoms with van der Waals surface area (Å²) in [7, 11) is 0. The van der Waals surface area contributed by atoms with E-state index in [1.807, 2.05) is 18.3 Å². The summed E-state index contributed by atoms with van der Waals surface area (Å²) >= 11 is 0. The number of hydrogen-bond acceptors (Lipinski definition) is 3. The summed E-state index contributed by atoms with van der Waals surface area (Å²) in [6.45, 7) is 1.49. The van der Waals surface area contributed by atoms with E-state index >= 15 is 0 Å². The molecular weight excluding hydrogens is 457 g/mol. The summed E-state index contributed by atoms with van der Waals surface area (Å²) in [6.07, 6.45) is 8.58. The number of carboxylic acid groups (broad SMARTS) is 1. The van der Waals surface area contributed by atoms with Gasteiger partial charge < -0.3 is 14.4 Å². The van der Waals surface area contributed by atoms with E-state index < -0.39 is 5.97 Å². The van der Waals surface area contributed by atoms with Crippen LogP contribution in [-0.4, -0.2) is 39.1 Å². The fourth-order valence-electron chi connectivity index (χ4n) is 7.42. The second kappa shape index (κ2) is 8.17. The van der Waals surface area contributed by atoms with Crippen molar-refractivity contribution in [2.45, 2.75) is 56.8 Å². The zero-order valence-electron chi connectivity index (χ0n) is 20.2. The number of aromatic nitrogens is 3. The quantitative estimate of drug-likeness (QED) is 0.355. The minimum absolute atomic E-state index is 0.156. The van der Waals surface area contributed by atoms with Crippen LogP contribution in [-0.2, 0) is 9.53 Å². The molecule has 6 nitrogen and oxygen atoms in total. The first kappa shape index (κ1) is 22.0. The molecule has 0 bridgehead atoms. The number of nitrogens with zero attached hydrogens (tertiary/aromatic N) is 2. The van der Waals surface area contributed by atoms with E-state index in [-0.39, 0.29) is 17.2 Å². The van der Waals surface area contributed by atoms with Crippen molar-refractivity contribution in [1.82, 2.24) is 14.8 Å². The van der Waals surface area contributed by atoms with Crippen LogP contribution >= 0.6 is 0 Å². The van der Waals surface area contributed by atoms with Gasteiger partial charge in [-0.3, -0.25) is 9.89 Å². The molecule has 2 N–H and O–H groups in total. The molecule has 1 spiro atoms. The zero-order valence-corrected chi connectivity index (χ0v) is 20.2. The summed E-state index contributed by atoms with van der Waals surface area (Å²) < 4.78 is 22.0. The lowest BCUT2D eigenvalue weighted by atomic mass is 9.60. The molecule has 2 aromatic heterocycles. The van der Waals surface area contributed by atoms with Crippen LogP contribution in [0.2, 0.25) is 0 Å². The molecule has 7 heteroatoms. The third-order valence-electron chi connectivity index (χ3n) is 9.12. The monoisotopic (exact) mass is 487 g/mol. The van der Waals surface area contributed by atoms with Gasteiger partial charge in [-0.15, -0.1) is 0 Å². The molecule has 1 saturated heterocycles. The lowest BCUT2D eigenvalue weighted by molar-refractivity contribution is -0.150. The maximum Gasteiger partial charge on any atom is 0.306 e. The number of benzene rings is 2. The Labute approximate surface area is 208 Å². The predicted molar refractivity (Wildman–Crippen MR) is 135 cm³/mol. The number of fused-ring (bicyclic) bond motifs is 2. The Kier molecular flexibility index (Phi) is 5.00. The molecular formula is C29H30FN3O3. The highest BCUT2D eigenvalue weighted by Gasteiger charge is 2.52. The fraction of sp³-hybridized carbons (Fsp3) is 0.448. The number of H-pyrrole nitrogens is 1. The highest BCUT2D eigenvalue weighted by atomic mass is 19.1. The zero-order chi connectivity index (χ0) is 24.4. The van der Waals surface area contributed by atoms with E-state index in [1.165, 1.54) is 28.8 Å². The van der Waals surface area contributed by atoms with Crippen molar-refractivity contribution >= 4 is 27.8 Å². The maximum atomic E-state index is 13.9. The lowest BCUT2D eigenvalue weighted by Gasteiger charge is -2.43. The highest BCUT2D eigenvalue weighted by Crippen LogP contribution is 2.61. The minimum atomic E-state index is -0.651. The van der Waals surface area contributed by atoms with Gasteiger partial charge in [-0.05, 0) is 98.2 Å². The van der Waals surface area contributed by atoms with Gasteiger partial charge >= 0.3 is 5.97 Å². The van der Waals surface area contributed by atoms with Crippen LogP contribution in [0.25, 0.3) is 27.5 Å². The summed E-state index contributed by atoms with van der Waals surface area (Å²) in [4.78, 5) is 11.5. The number of rotatable bonds is 4. The van der Waals surface area contributed by atoms with Crippen LogP contribution in [0.15, 0.2) is 42.6 Å². The standard InChI is InChI=1S/C29H30FN3O3/c30-21-1-3-22(4-2-21)33-25-11-19-16-31-32-24(19)12-23(25)26(27(33)17-6-9-36-10-7-17)18-5-8-29(13-18)14-20(15-29)28(34)35/h1-4,11-12,16-18,20H,5-10,13-15H2,(H,31,32)(H,34,35)/t18-,20?,29?/m1/s1. The first-order chi connectivity index (χ1) is 17.5. The van der Waals surface area contributed by atoms with Crippen LogP contribution in [0.1, 0.15) is 68.0 Å². The minimum Gasteiger partial charge on any atom is -0.481 e. The van der Waals surface area contributed by atoms with Crippen LogP contribution in [0.4, 0.5) is 4.39 Å². The van der Waals surface area contributed by atoms with Gasteiger partial charge in [0.1, 0.15) is 5.82 Å². The Morgan fingerprint density at radius 2 is 1.86 bits per heavy atom. The number of aromatic amines is 1. The Morgan fingerprint density at radius 1 is 1.08 bits per heavy atom. The summed E-state index contributed by atoms with van der Waals surface area (Å²) in [5.74, 6) is -0.351. The smallest absolute Gasteiger partial charge is 0.306 e. The van der Waals surface area contributed by atoms with Crippen molar-refractivity contribution in [3.63, 3.8) is 0 Å². The molecule has 3 aliphatic rings. The van der Waals surface area contributed by atoms with Crippen molar-refractivity contribution in [1.29, 1.82) is 0 Å². The molecule has 7 rings (SSSR count). The normalized spacial score (nSPS) is 26.7. The molecule has 2 aromatic carbocycles. The number of hydrogen-bond donors (Lipinski definition) is 2. The summed E-state index contributed by atoms with van der Waals surface area (Å²) in [5.41, 5.74) is 6.00. The number of carboxylic acids is 1. The molecule has 0 radical (unpaired) electrons. The first-order valence-electron chi connectivity index (χ1n) is 13.1. The van der Waals surface area contributed by atoms with Crippen molar-refractivity contribution < 1.29 is 19.0 Å². The second-order valence-corrected chi connectivity index (χ2v) is 11.2. The first-order valence-corrected chi connectivity index (χ1v) is 13.1. The molecule has 4 aromatic rings. The van der Waals surface area contributed by atoms with Gasteiger partial charge in [-0.25, -0.2) is 4.39 Å². The van der Waals surface area contributed by atoms with E-state index in [1.54, 1.807) is 0 Å². The van der Waals surface area contributed by atoms with Gasteiger partial charge in [-0.2, -0.15) is 5.10 Å². The number of carbonyl (C=O) groups is 1. The maximum absolute atomic E-state index is 13.9. The van der Waals surface area contributed by atoms with E-state index in [4.69, 9.17) is 4.74 Å². The van der Waals surface area contributed by atoms with E-state index in [0.717, 1.165) is 80.3 Å². The van der Waals surface area contributed by atoms with Crippen LogP contribution in [0.5, 0.6) is 0 Å². The second-order valence-electron chi connectivity index (χ2n) is 11.2. The Balaban J connectivity index is 1.43. The predicted octanol–water partition coefficient (Wildman–Crippen LogP) is 6.29. The van der Waals surface area contributed by atoms with Gasteiger partial charge in [0, 0.05) is 41.3 Å². The Morgan fingerprint density at radius 3 is 2.61 bits per heavy atom. The average molecular weight is 488 g/mol. The Hall–Kier alpha value is -3.19. The lowest BCUT2D eigenvalue weighted by Crippen LogP contribution is -2.39. The van der Waals surface area contributed by atoms with Gasteiger partial charge in [0.25, 0.3) is 0 Å². The van der Waals surface area contributed by atoms with Gasteiger partial charge in [0.2, 0.25) is 0 Å². The number of aliphatic carboxylic acids is 1. The van der Waals surface area contributed by atoms with E-state index in [0.29, 0.717) is 11.8 Å². The molecule has 0 amide bonds. The molecule has 1 aliphatic heterocycles. The average Bonchev–Trinajstić information content (AvgIpc) is 3.58. The molecule has 1 atom stereocenters. The summed E-state index contributed by atoms with van der Waals surface area (Å²) in [6, 6.07) is 11.3. The van der Waals surface area contributed by atoms with Crippen LogP contribution in [0, 0.1) is 17.2 Å². The van der Waals surface area contributed by atoms with Crippen molar-refractivity contribution in [3.05, 3.63) is 59.7 Å². The molecule has 3 fully saturated rings. The van der Waals surface area contributed by atoms with Crippen molar-refractivity contribution in [3.8, 4) is 5.69 Å². The molecule has 2 saturated carbocycles. The summed E-state index contributed by atoms with van der Waals surface area (Å²) in [5, 5.41) is 19.2. The molecule has 36 heavy (non-hydrogen) atoms.